The van der Waals surface area contributed by atoms with Crippen molar-refractivity contribution in [2.75, 3.05) is 12.0 Å². The number of sulfone groups is 1. The van der Waals surface area contributed by atoms with Gasteiger partial charge in [0.25, 0.3) is 0 Å². The van der Waals surface area contributed by atoms with Gasteiger partial charge in [-0.15, -0.1) is 0 Å². The first-order valence-corrected chi connectivity index (χ1v) is 7.45. The van der Waals surface area contributed by atoms with Crippen LogP contribution in [0.15, 0.2) is 35.4 Å². The molecule has 106 valence electrons. The molecule has 0 saturated heterocycles. The normalized spacial score (nSPS) is 11.3. The highest BCUT2D eigenvalue weighted by molar-refractivity contribution is 7.90. The molecule has 0 aliphatic carbocycles. The number of aromatic nitrogens is 2. The van der Waals surface area contributed by atoms with Crippen molar-refractivity contribution in [3.8, 4) is 6.01 Å². The van der Waals surface area contributed by atoms with Crippen LogP contribution in [0, 0.1) is 5.82 Å². The van der Waals surface area contributed by atoms with Gasteiger partial charge in [-0.3, -0.25) is 0 Å². The molecule has 0 unspecified atom stereocenters. The highest BCUT2D eigenvalue weighted by Gasteiger charge is 2.07. The van der Waals surface area contributed by atoms with Crippen LogP contribution < -0.4 is 10.5 Å². The summed E-state index contributed by atoms with van der Waals surface area (Å²) in [5.74, 6) is -1.00. The van der Waals surface area contributed by atoms with Crippen molar-refractivity contribution in [3.05, 3.63) is 41.8 Å². The van der Waals surface area contributed by atoms with Gasteiger partial charge in [0.1, 0.15) is 6.61 Å². The minimum absolute atomic E-state index is 0.0453. The second kappa shape index (κ2) is 5.41. The van der Waals surface area contributed by atoms with E-state index in [1.807, 2.05) is 0 Å². The number of hydrogen-bond donors (Lipinski definition) is 1. The summed E-state index contributed by atoms with van der Waals surface area (Å²) < 4.78 is 40.7. The Bertz CT molecular complexity index is 717. The maximum atomic E-state index is 12.9. The van der Waals surface area contributed by atoms with Crippen LogP contribution in [0.2, 0.25) is 0 Å². The average Bonchev–Trinajstić information content (AvgIpc) is 2.40. The fraction of sp³-hybridized carbons (Fsp3) is 0.167. The number of nitrogens with two attached hydrogens (primary N) is 1. The van der Waals surface area contributed by atoms with Gasteiger partial charge in [0.2, 0.25) is 0 Å². The van der Waals surface area contributed by atoms with Gasteiger partial charge in [-0.1, -0.05) is 12.1 Å². The predicted octanol–water partition coefficient (Wildman–Crippen LogP) is 1.18. The molecule has 1 aromatic heterocycles. The molecule has 1 aromatic carbocycles. The highest BCUT2D eigenvalue weighted by atomic mass is 32.2. The van der Waals surface area contributed by atoms with Crippen molar-refractivity contribution in [2.24, 2.45) is 0 Å². The lowest BCUT2D eigenvalue weighted by molar-refractivity contribution is 0.280. The van der Waals surface area contributed by atoms with Gasteiger partial charge in [-0.05, 0) is 17.7 Å². The van der Waals surface area contributed by atoms with E-state index in [0.29, 0.717) is 0 Å². The van der Waals surface area contributed by atoms with Crippen LogP contribution in [0.5, 0.6) is 6.01 Å². The molecule has 0 fully saturated rings. The Hall–Kier alpha value is -2.22. The first kappa shape index (κ1) is 14.2. The fourth-order valence-electron chi connectivity index (χ4n) is 1.41. The molecule has 0 aliphatic heterocycles. The first-order chi connectivity index (χ1) is 9.36. The molecule has 6 nitrogen and oxygen atoms in total. The van der Waals surface area contributed by atoms with Crippen LogP contribution in [-0.2, 0) is 16.4 Å². The summed E-state index contributed by atoms with van der Waals surface area (Å²) in [6, 6.07) is 6.14. The van der Waals surface area contributed by atoms with Crippen molar-refractivity contribution < 1.29 is 17.5 Å². The molecule has 0 saturated carbocycles. The zero-order valence-electron chi connectivity index (χ0n) is 10.6. The van der Waals surface area contributed by atoms with E-state index in [1.165, 1.54) is 12.1 Å². The molecule has 0 aliphatic rings. The third kappa shape index (κ3) is 3.41. The standard InChI is InChI=1S/C12H12FN3O3S/c1-20(17,18)9-4-2-8(3-5-9)7-19-12-15-6-10(13)11(14)16-12/h2-6H,7H2,1H3,(H2,14,15,16). The molecule has 20 heavy (non-hydrogen) atoms. The van der Waals surface area contributed by atoms with Gasteiger partial charge < -0.3 is 10.5 Å². The SMILES string of the molecule is CS(=O)(=O)c1ccc(COc2ncc(F)c(N)n2)cc1. The molecule has 2 rings (SSSR count). The van der Waals surface area contributed by atoms with E-state index in [2.05, 4.69) is 9.97 Å². The van der Waals surface area contributed by atoms with Gasteiger partial charge in [0, 0.05) is 6.26 Å². The minimum atomic E-state index is -3.22. The molecular weight excluding hydrogens is 285 g/mol. The molecule has 0 bridgehead atoms. The molecule has 0 atom stereocenters. The average molecular weight is 297 g/mol. The highest BCUT2D eigenvalue weighted by Crippen LogP contribution is 2.13. The second-order valence-electron chi connectivity index (χ2n) is 4.09. The first-order valence-electron chi connectivity index (χ1n) is 5.56. The monoisotopic (exact) mass is 297 g/mol. The number of ether oxygens (including phenoxy) is 1. The topological polar surface area (TPSA) is 95.2 Å². The summed E-state index contributed by atoms with van der Waals surface area (Å²) in [6.45, 7) is 0.120. The quantitative estimate of drug-likeness (QED) is 0.910. The zero-order chi connectivity index (χ0) is 14.8. The van der Waals surface area contributed by atoms with E-state index in [0.717, 1.165) is 18.0 Å². The molecule has 2 N–H and O–H groups in total. The lowest BCUT2D eigenvalue weighted by Crippen LogP contribution is -2.03. The zero-order valence-corrected chi connectivity index (χ0v) is 11.4. The van der Waals surface area contributed by atoms with E-state index in [-0.39, 0.29) is 23.3 Å². The van der Waals surface area contributed by atoms with Crippen molar-refractivity contribution in [3.63, 3.8) is 0 Å². The lowest BCUT2D eigenvalue weighted by atomic mass is 10.2. The minimum Gasteiger partial charge on any atom is -0.459 e. The fourth-order valence-corrected chi connectivity index (χ4v) is 2.04. The summed E-state index contributed by atoms with van der Waals surface area (Å²) in [7, 11) is -3.22. The van der Waals surface area contributed by atoms with E-state index >= 15 is 0 Å². The molecule has 8 heteroatoms. The number of anilines is 1. The van der Waals surface area contributed by atoms with E-state index in [9.17, 15) is 12.8 Å². The van der Waals surface area contributed by atoms with Gasteiger partial charge in [0.05, 0.1) is 11.1 Å². The van der Waals surface area contributed by atoms with Crippen molar-refractivity contribution in [1.29, 1.82) is 0 Å². The number of benzene rings is 1. The Kier molecular flexibility index (Phi) is 3.84. The molecule has 0 amide bonds. The molecule has 0 radical (unpaired) electrons. The Labute approximate surface area is 115 Å². The smallest absolute Gasteiger partial charge is 0.318 e. The van der Waals surface area contributed by atoms with Crippen LogP contribution in [0.4, 0.5) is 10.2 Å². The number of nitrogen functional groups attached to an aromatic ring is 1. The Morgan fingerprint density at radius 2 is 1.95 bits per heavy atom. The summed E-state index contributed by atoms with van der Waals surface area (Å²) in [6.07, 6.45) is 2.05. The summed E-state index contributed by atoms with van der Waals surface area (Å²) in [5.41, 5.74) is 6.01. The molecule has 0 spiro atoms. The van der Waals surface area contributed by atoms with Crippen molar-refractivity contribution in [1.82, 2.24) is 9.97 Å². The maximum Gasteiger partial charge on any atom is 0.318 e. The third-order valence-electron chi connectivity index (χ3n) is 2.47. The predicted molar refractivity (Wildman–Crippen MR) is 70.3 cm³/mol. The van der Waals surface area contributed by atoms with Gasteiger partial charge in [0.15, 0.2) is 21.5 Å². The van der Waals surface area contributed by atoms with E-state index in [1.54, 1.807) is 12.1 Å². The maximum absolute atomic E-state index is 12.9. The number of halogens is 1. The number of hydrogen-bond acceptors (Lipinski definition) is 6. The van der Waals surface area contributed by atoms with E-state index in [4.69, 9.17) is 10.5 Å². The van der Waals surface area contributed by atoms with E-state index < -0.39 is 15.7 Å². The van der Waals surface area contributed by atoms with Gasteiger partial charge >= 0.3 is 6.01 Å². The van der Waals surface area contributed by atoms with Gasteiger partial charge in [-0.25, -0.2) is 17.8 Å². The Morgan fingerprint density at radius 3 is 2.50 bits per heavy atom. The van der Waals surface area contributed by atoms with Crippen LogP contribution in [0.25, 0.3) is 0 Å². The second-order valence-corrected chi connectivity index (χ2v) is 6.11. The molecular formula is C12H12FN3O3S. The third-order valence-corrected chi connectivity index (χ3v) is 3.60. The van der Waals surface area contributed by atoms with Crippen molar-refractivity contribution >= 4 is 15.7 Å². The molecule has 1 heterocycles. The van der Waals surface area contributed by atoms with Crippen LogP contribution >= 0.6 is 0 Å². The summed E-state index contributed by atoms with van der Waals surface area (Å²) in [5, 5.41) is 0. The summed E-state index contributed by atoms with van der Waals surface area (Å²) >= 11 is 0. The number of nitrogens with zero attached hydrogens (tertiary/aromatic N) is 2. The molecule has 2 aromatic rings. The Balaban J connectivity index is 2.06. The van der Waals surface area contributed by atoms with Crippen LogP contribution in [0.1, 0.15) is 5.56 Å². The summed E-state index contributed by atoms with van der Waals surface area (Å²) in [4.78, 5) is 7.47. The van der Waals surface area contributed by atoms with Crippen LogP contribution in [-0.4, -0.2) is 24.6 Å². The number of rotatable bonds is 4. The lowest BCUT2D eigenvalue weighted by Gasteiger charge is -2.06. The van der Waals surface area contributed by atoms with Gasteiger partial charge in [-0.2, -0.15) is 4.98 Å². The Morgan fingerprint density at radius 1 is 1.30 bits per heavy atom. The van der Waals surface area contributed by atoms with Crippen molar-refractivity contribution in [2.45, 2.75) is 11.5 Å². The van der Waals surface area contributed by atoms with Crippen LogP contribution in [0.3, 0.4) is 0 Å². The largest absolute Gasteiger partial charge is 0.459 e.